The normalized spacial score (nSPS) is 21.9. The number of nitrogens with one attached hydrogen (secondary N) is 1. The lowest BCUT2D eigenvalue weighted by atomic mass is 9.87. The van der Waals surface area contributed by atoms with E-state index in [4.69, 9.17) is 9.84 Å². The Balaban J connectivity index is 1.79. The highest BCUT2D eigenvalue weighted by atomic mass is 16.6. The number of rotatable bonds is 3. The smallest absolute Gasteiger partial charge is 0.407 e. The number of carbonyl (C=O) groups excluding carboxylic acids is 1. The van der Waals surface area contributed by atoms with Crippen LogP contribution in [0.4, 0.5) is 4.79 Å². The van der Waals surface area contributed by atoms with E-state index in [0.29, 0.717) is 0 Å². The van der Waals surface area contributed by atoms with E-state index in [1.54, 1.807) is 4.68 Å². The SMILES string of the molecule is CC(C)(C)OC(=O)NC1CC(n2cc(C(=O)O)cn2)C1. The Hall–Kier alpha value is -2.05. The monoisotopic (exact) mass is 281 g/mol. The first-order valence-electron chi connectivity index (χ1n) is 6.51. The Labute approximate surface area is 116 Å². The molecule has 0 spiro atoms. The van der Waals surface area contributed by atoms with Crippen molar-refractivity contribution in [2.75, 3.05) is 0 Å². The van der Waals surface area contributed by atoms with Crippen LogP contribution in [-0.2, 0) is 4.74 Å². The average molecular weight is 281 g/mol. The Morgan fingerprint density at radius 2 is 2.10 bits per heavy atom. The second-order valence-corrected chi connectivity index (χ2v) is 5.98. The van der Waals surface area contributed by atoms with Crippen LogP contribution in [-0.4, -0.2) is 38.6 Å². The summed E-state index contributed by atoms with van der Waals surface area (Å²) in [4.78, 5) is 22.3. The number of hydrogen-bond donors (Lipinski definition) is 2. The molecule has 0 bridgehead atoms. The van der Waals surface area contributed by atoms with Crippen molar-refractivity contribution in [1.82, 2.24) is 15.1 Å². The summed E-state index contributed by atoms with van der Waals surface area (Å²) in [5.74, 6) is -0.987. The summed E-state index contributed by atoms with van der Waals surface area (Å²) in [6, 6.07) is 0.176. The zero-order valence-corrected chi connectivity index (χ0v) is 11.8. The molecule has 7 nitrogen and oxygen atoms in total. The zero-order valence-electron chi connectivity index (χ0n) is 11.8. The van der Waals surface area contributed by atoms with Crippen LogP contribution in [0.3, 0.4) is 0 Å². The van der Waals surface area contributed by atoms with Crippen molar-refractivity contribution in [1.29, 1.82) is 0 Å². The van der Waals surface area contributed by atoms with Gasteiger partial charge in [-0.2, -0.15) is 5.10 Å². The summed E-state index contributed by atoms with van der Waals surface area (Å²) >= 11 is 0. The first-order chi connectivity index (χ1) is 9.24. The van der Waals surface area contributed by atoms with E-state index in [0.717, 1.165) is 12.8 Å². The lowest BCUT2D eigenvalue weighted by Crippen LogP contribution is -2.46. The molecule has 1 saturated carbocycles. The zero-order chi connectivity index (χ0) is 14.9. The van der Waals surface area contributed by atoms with Crippen LogP contribution < -0.4 is 5.32 Å². The number of carboxylic acids is 1. The highest BCUT2D eigenvalue weighted by Gasteiger charge is 2.33. The first kappa shape index (κ1) is 14.4. The Morgan fingerprint density at radius 1 is 1.45 bits per heavy atom. The standard InChI is InChI=1S/C13H19N3O4/c1-13(2,3)20-12(19)15-9-4-10(5-9)16-7-8(6-14-16)11(17)18/h6-7,9-10H,4-5H2,1-3H3,(H,15,19)(H,17,18). The second-order valence-electron chi connectivity index (χ2n) is 5.98. The molecule has 0 atom stereocenters. The minimum Gasteiger partial charge on any atom is -0.478 e. The molecule has 1 heterocycles. The molecule has 20 heavy (non-hydrogen) atoms. The lowest BCUT2D eigenvalue weighted by molar-refractivity contribution is 0.0452. The van der Waals surface area contributed by atoms with Crippen LogP contribution in [0.2, 0.25) is 0 Å². The summed E-state index contributed by atoms with van der Waals surface area (Å²) in [7, 11) is 0. The lowest BCUT2D eigenvalue weighted by Gasteiger charge is -2.36. The number of nitrogens with zero attached hydrogens (tertiary/aromatic N) is 2. The number of alkyl carbamates (subject to hydrolysis) is 1. The molecule has 110 valence electrons. The van der Waals surface area contributed by atoms with Crippen molar-refractivity contribution in [3.05, 3.63) is 18.0 Å². The fraction of sp³-hybridized carbons (Fsp3) is 0.615. The van der Waals surface area contributed by atoms with E-state index in [9.17, 15) is 9.59 Å². The van der Waals surface area contributed by atoms with Gasteiger partial charge in [0.25, 0.3) is 0 Å². The Kier molecular flexibility index (Phi) is 3.69. The van der Waals surface area contributed by atoms with Gasteiger partial charge in [0.2, 0.25) is 0 Å². The average Bonchev–Trinajstić information content (AvgIpc) is 2.68. The number of hydrogen-bond acceptors (Lipinski definition) is 4. The van der Waals surface area contributed by atoms with Gasteiger partial charge in [-0.25, -0.2) is 9.59 Å². The van der Waals surface area contributed by atoms with Crippen molar-refractivity contribution in [2.24, 2.45) is 0 Å². The molecule has 2 N–H and O–H groups in total. The predicted octanol–water partition coefficient (Wildman–Crippen LogP) is 1.81. The molecule has 7 heteroatoms. The quantitative estimate of drug-likeness (QED) is 0.881. The van der Waals surface area contributed by atoms with Gasteiger partial charge in [-0.15, -0.1) is 0 Å². The molecule has 0 aliphatic heterocycles. The van der Waals surface area contributed by atoms with Gasteiger partial charge in [-0.1, -0.05) is 0 Å². The van der Waals surface area contributed by atoms with Crippen molar-refractivity contribution in [2.45, 2.75) is 51.3 Å². The number of carbonyl (C=O) groups is 2. The van der Waals surface area contributed by atoms with Crippen LogP contribution >= 0.6 is 0 Å². The van der Waals surface area contributed by atoms with Crippen LogP contribution in [0, 0.1) is 0 Å². The first-order valence-corrected chi connectivity index (χ1v) is 6.51. The molecule has 0 saturated heterocycles. The van der Waals surface area contributed by atoms with E-state index in [-0.39, 0.29) is 17.6 Å². The van der Waals surface area contributed by atoms with Crippen molar-refractivity contribution in [3.8, 4) is 0 Å². The van der Waals surface area contributed by atoms with E-state index < -0.39 is 17.7 Å². The number of aromatic nitrogens is 2. The molecular weight excluding hydrogens is 262 g/mol. The summed E-state index contributed by atoms with van der Waals surface area (Å²) in [5.41, 5.74) is -0.334. The molecule has 0 unspecified atom stereocenters. The molecule has 0 radical (unpaired) electrons. The second kappa shape index (κ2) is 5.15. The third kappa shape index (κ3) is 3.49. The van der Waals surface area contributed by atoms with E-state index in [1.165, 1.54) is 12.4 Å². The van der Waals surface area contributed by atoms with Crippen LogP contribution in [0.5, 0.6) is 0 Å². The molecule has 1 aromatic rings. The summed E-state index contributed by atoms with van der Waals surface area (Å²) in [6.45, 7) is 5.44. The van der Waals surface area contributed by atoms with Crippen molar-refractivity contribution in [3.63, 3.8) is 0 Å². The predicted molar refractivity (Wildman–Crippen MR) is 70.6 cm³/mol. The van der Waals surface area contributed by atoms with Crippen molar-refractivity contribution >= 4 is 12.1 Å². The van der Waals surface area contributed by atoms with Crippen molar-refractivity contribution < 1.29 is 19.4 Å². The van der Waals surface area contributed by atoms with Gasteiger partial charge < -0.3 is 15.2 Å². The molecule has 1 fully saturated rings. The van der Waals surface area contributed by atoms with Gasteiger partial charge in [0.1, 0.15) is 5.60 Å². The maximum absolute atomic E-state index is 11.6. The van der Waals surface area contributed by atoms with Gasteiger partial charge in [-0.3, -0.25) is 4.68 Å². The van der Waals surface area contributed by atoms with Gasteiger partial charge in [0.15, 0.2) is 0 Å². The maximum Gasteiger partial charge on any atom is 0.407 e. The molecule has 0 aromatic carbocycles. The van der Waals surface area contributed by atoms with Gasteiger partial charge >= 0.3 is 12.1 Å². The molecule has 2 rings (SSSR count). The van der Waals surface area contributed by atoms with E-state index in [2.05, 4.69) is 10.4 Å². The van der Waals surface area contributed by atoms with E-state index in [1.807, 2.05) is 20.8 Å². The third-order valence-corrected chi connectivity index (χ3v) is 3.06. The topological polar surface area (TPSA) is 93.5 Å². The highest BCUT2D eigenvalue weighted by molar-refractivity contribution is 5.86. The molecule has 1 aromatic heterocycles. The van der Waals surface area contributed by atoms with Crippen LogP contribution in [0.1, 0.15) is 50.0 Å². The third-order valence-electron chi connectivity index (χ3n) is 3.06. The number of carboxylic acid groups (broad SMARTS) is 1. The summed E-state index contributed by atoms with van der Waals surface area (Å²) in [6.07, 6.45) is 3.86. The van der Waals surface area contributed by atoms with Crippen LogP contribution in [0.25, 0.3) is 0 Å². The largest absolute Gasteiger partial charge is 0.478 e. The summed E-state index contributed by atoms with van der Waals surface area (Å²) < 4.78 is 6.81. The fourth-order valence-electron chi connectivity index (χ4n) is 2.04. The number of aromatic carboxylic acids is 1. The summed E-state index contributed by atoms with van der Waals surface area (Å²) in [5, 5.41) is 15.6. The highest BCUT2D eigenvalue weighted by Crippen LogP contribution is 2.32. The van der Waals surface area contributed by atoms with Crippen LogP contribution in [0.15, 0.2) is 12.4 Å². The Bertz CT molecular complexity index is 512. The number of amides is 1. The van der Waals surface area contributed by atoms with Gasteiger partial charge in [-0.05, 0) is 33.6 Å². The molecule has 1 aliphatic rings. The molecular formula is C13H19N3O4. The Morgan fingerprint density at radius 3 is 2.60 bits per heavy atom. The number of ether oxygens (including phenoxy) is 1. The van der Waals surface area contributed by atoms with Gasteiger partial charge in [0, 0.05) is 12.2 Å². The maximum atomic E-state index is 11.6. The van der Waals surface area contributed by atoms with E-state index >= 15 is 0 Å². The molecule has 1 aliphatic carbocycles. The minimum atomic E-state index is -0.987. The van der Waals surface area contributed by atoms with Gasteiger partial charge in [0.05, 0.1) is 17.8 Å². The minimum absolute atomic E-state index is 0.0485. The fourth-order valence-corrected chi connectivity index (χ4v) is 2.04. The molecule has 1 amide bonds.